The second-order valence-electron chi connectivity index (χ2n) is 4.28. The molecule has 0 aliphatic carbocycles. The van der Waals surface area contributed by atoms with Crippen molar-refractivity contribution in [2.45, 2.75) is 12.8 Å². The molecule has 0 bridgehead atoms. The van der Waals surface area contributed by atoms with Crippen LogP contribution < -0.4 is 15.2 Å². The van der Waals surface area contributed by atoms with E-state index in [1.165, 1.54) is 0 Å². The molecular weight excluding hydrogens is 244 g/mol. The molecule has 0 aliphatic rings. The standard InChI is InChI=1S/C14H22N2O3/c1-16(14(17)6-8-15)9-7-11-4-5-12(18-2)10-13(11)19-3/h4-5,10H,6-9,15H2,1-3H3. The Labute approximate surface area is 114 Å². The van der Waals surface area contributed by atoms with E-state index >= 15 is 0 Å². The molecular formula is C14H22N2O3. The highest BCUT2D eigenvalue weighted by atomic mass is 16.5. The van der Waals surface area contributed by atoms with Crippen molar-refractivity contribution in [3.05, 3.63) is 23.8 Å². The highest BCUT2D eigenvalue weighted by Crippen LogP contribution is 2.24. The summed E-state index contributed by atoms with van der Waals surface area (Å²) in [6.07, 6.45) is 1.12. The minimum absolute atomic E-state index is 0.0648. The highest BCUT2D eigenvalue weighted by Gasteiger charge is 2.10. The summed E-state index contributed by atoms with van der Waals surface area (Å²) in [7, 11) is 5.03. The molecule has 106 valence electrons. The van der Waals surface area contributed by atoms with Crippen molar-refractivity contribution in [3.8, 4) is 11.5 Å². The summed E-state index contributed by atoms with van der Waals surface area (Å²) >= 11 is 0. The van der Waals surface area contributed by atoms with Gasteiger partial charge in [0.25, 0.3) is 0 Å². The van der Waals surface area contributed by atoms with E-state index in [9.17, 15) is 4.79 Å². The van der Waals surface area contributed by atoms with E-state index in [2.05, 4.69) is 0 Å². The molecule has 0 saturated carbocycles. The van der Waals surface area contributed by atoms with Gasteiger partial charge in [-0.15, -0.1) is 0 Å². The largest absolute Gasteiger partial charge is 0.497 e. The van der Waals surface area contributed by atoms with Crippen LogP contribution in [0.2, 0.25) is 0 Å². The monoisotopic (exact) mass is 266 g/mol. The molecule has 0 spiro atoms. The zero-order valence-electron chi connectivity index (χ0n) is 11.8. The van der Waals surface area contributed by atoms with E-state index in [4.69, 9.17) is 15.2 Å². The minimum atomic E-state index is 0.0648. The third-order valence-electron chi connectivity index (χ3n) is 2.99. The lowest BCUT2D eigenvalue weighted by atomic mass is 10.1. The molecule has 0 heterocycles. The van der Waals surface area contributed by atoms with Crippen LogP contribution in [0.25, 0.3) is 0 Å². The van der Waals surface area contributed by atoms with Crippen LogP contribution in [0, 0.1) is 0 Å². The van der Waals surface area contributed by atoms with Gasteiger partial charge in [0, 0.05) is 32.6 Å². The Morgan fingerprint density at radius 3 is 2.63 bits per heavy atom. The van der Waals surface area contributed by atoms with Crippen molar-refractivity contribution in [3.63, 3.8) is 0 Å². The molecule has 0 aliphatic heterocycles. The van der Waals surface area contributed by atoms with Crippen LogP contribution in [0.1, 0.15) is 12.0 Å². The van der Waals surface area contributed by atoms with Gasteiger partial charge in [0.05, 0.1) is 14.2 Å². The van der Waals surface area contributed by atoms with Gasteiger partial charge in [0.15, 0.2) is 0 Å². The van der Waals surface area contributed by atoms with Gasteiger partial charge < -0.3 is 20.1 Å². The number of nitrogens with two attached hydrogens (primary N) is 1. The zero-order valence-corrected chi connectivity index (χ0v) is 11.8. The topological polar surface area (TPSA) is 64.8 Å². The highest BCUT2D eigenvalue weighted by molar-refractivity contribution is 5.76. The molecule has 1 aromatic rings. The van der Waals surface area contributed by atoms with Crippen LogP contribution in [-0.2, 0) is 11.2 Å². The Bertz CT molecular complexity index is 421. The fourth-order valence-electron chi connectivity index (χ4n) is 1.79. The van der Waals surface area contributed by atoms with Crippen LogP contribution in [0.4, 0.5) is 0 Å². The van der Waals surface area contributed by atoms with Crippen molar-refractivity contribution >= 4 is 5.91 Å². The third kappa shape index (κ3) is 4.44. The lowest BCUT2D eigenvalue weighted by Crippen LogP contribution is -2.30. The van der Waals surface area contributed by atoms with E-state index in [1.54, 1.807) is 26.2 Å². The molecule has 1 amide bonds. The number of hydrogen-bond acceptors (Lipinski definition) is 4. The number of carbonyl (C=O) groups excluding carboxylic acids is 1. The number of likely N-dealkylation sites (N-methyl/N-ethyl adjacent to an activating group) is 1. The maximum atomic E-state index is 11.6. The predicted molar refractivity (Wildman–Crippen MR) is 74.6 cm³/mol. The van der Waals surface area contributed by atoms with E-state index in [0.717, 1.165) is 23.5 Å². The first-order valence-corrected chi connectivity index (χ1v) is 6.27. The molecule has 0 unspecified atom stereocenters. The normalized spacial score (nSPS) is 10.1. The molecule has 0 radical (unpaired) electrons. The maximum absolute atomic E-state index is 11.6. The van der Waals surface area contributed by atoms with E-state index in [0.29, 0.717) is 19.5 Å². The number of amides is 1. The number of nitrogens with zero attached hydrogens (tertiary/aromatic N) is 1. The first-order valence-electron chi connectivity index (χ1n) is 6.27. The summed E-state index contributed by atoms with van der Waals surface area (Å²) in [6.45, 7) is 1.02. The summed E-state index contributed by atoms with van der Waals surface area (Å²) in [4.78, 5) is 13.3. The number of benzene rings is 1. The maximum Gasteiger partial charge on any atom is 0.223 e. The molecule has 0 fully saturated rings. The number of carbonyl (C=O) groups is 1. The van der Waals surface area contributed by atoms with E-state index in [-0.39, 0.29) is 5.91 Å². The van der Waals surface area contributed by atoms with Gasteiger partial charge >= 0.3 is 0 Å². The van der Waals surface area contributed by atoms with Crippen molar-refractivity contribution < 1.29 is 14.3 Å². The molecule has 5 heteroatoms. The van der Waals surface area contributed by atoms with Crippen molar-refractivity contribution in [1.29, 1.82) is 0 Å². The second-order valence-corrected chi connectivity index (χ2v) is 4.28. The van der Waals surface area contributed by atoms with Crippen LogP contribution in [0.15, 0.2) is 18.2 Å². The Morgan fingerprint density at radius 2 is 2.05 bits per heavy atom. The molecule has 1 rings (SSSR count). The Hall–Kier alpha value is -1.75. The Morgan fingerprint density at radius 1 is 1.32 bits per heavy atom. The van der Waals surface area contributed by atoms with Gasteiger partial charge in [-0.2, -0.15) is 0 Å². The molecule has 19 heavy (non-hydrogen) atoms. The first kappa shape index (κ1) is 15.3. The summed E-state index contributed by atoms with van der Waals surface area (Å²) in [6, 6.07) is 5.69. The molecule has 2 N–H and O–H groups in total. The molecule has 0 aromatic heterocycles. The van der Waals surface area contributed by atoms with Crippen LogP contribution in [-0.4, -0.2) is 45.2 Å². The van der Waals surface area contributed by atoms with Gasteiger partial charge in [-0.3, -0.25) is 4.79 Å². The SMILES string of the molecule is COc1ccc(CCN(C)C(=O)CCN)c(OC)c1. The van der Waals surface area contributed by atoms with Gasteiger partial charge in [-0.05, 0) is 18.1 Å². The number of hydrogen-bond donors (Lipinski definition) is 1. The smallest absolute Gasteiger partial charge is 0.223 e. The molecule has 0 atom stereocenters. The predicted octanol–water partition coefficient (Wildman–Crippen LogP) is 1.05. The molecule has 5 nitrogen and oxygen atoms in total. The van der Waals surface area contributed by atoms with Crippen molar-refractivity contribution in [2.24, 2.45) is 5.73 Å². The second kappa shape index (κ2) is 7.63. The lowest BCUT2D eigenvalue weighted by Gasteiger charge is -2.18. The molecule has 1 aromatic carbocycles. The summed E-state index contributed by atoms with van der Waals surface area (Å²) in [5.41, 5.74) is 6.42. The first-order chi connectivity index (χ1) is 9.12. The van der Waals surface area contributed by atoms with Crippen LogP contribution in [0.3, 0.4) is 0 Å². The van der Waals surface area contributed by atoms with Crippen molar-refractivity contribution in [1.82, 2.24) is 4.90 Å². The quantitative estimate of drug-likeness (QED) is 0.801. The fourth-order valence-corrected chi connectivity index (χ4v) is 1.79. The Kier molecular flexibility index (Phi) is 6.15. The average Bonchev–Trinajstić information content (AvgIpc) is 2.44. The average molecular weight is 266 g/mol. The van der Waals surface area contributed by atoms with Gasteiger partial charge in [-0.1, -0.05) is 6.07 Å². The number of ether oxygens (including phenoxy) is 2. The third-order valence-corrected chi connectivity index (χ3v) is 2.99. The van der Waals surface area contributed by atoms with Gasteiger partial charge in [0.1, 0.15) is 11.5 Å². The minimum Gasteiger partial charge on any atom is -0.497 e. The lowest BCUT2D eigenvalue weighted by molar-refractivity contribution is -0.129. The summed E-state index contributed by atoms with van der Waals surface area (Å²) < 4.78 is 10.5. The number of rotatable bonds is 7. The summed E-state index contributed by atoms with van der Waals surface area (Å²) in [5, 5.41) is 0. The zero-order chi connectivity index (χ0) is 14.3. The van der Waals surface area contributed by atoms with Crippen LogP contribution >= 0.6 is 0 Å². The van der Waals surface area contributed by atoms with E-state index < -0.39 is 0 Å². The Balaban J connectivity index is 2.64. The van der Waals surface area contributed by atoms with Gasteiger partial charge in [0.2, 0.25) is 5.91 Å². The summed E-state index contributed by atoms with van der Waals surface area (Å²) in [5.74, 6) is 1.60. The van der Waals surface area contributed by atoms with E-state index in [1.807, 2.05) is 18.2 Å². The van der Waals surface area contributed by atoms with Crippen LogP contribution in [0.5, 0.6) is 11.5 Å². The number of methoxy groups -OCH3 is 2. The fraction of sp³-hybridized carbons (Fsp3) is 0.500. The van der Waals surface area contributed by atoms with Crippen molar-refractivity contribution in [2.75, 3.05) is 34.4 Å². The van der Waals surface area contributed by atoms with Gasteiger partial charge in [-0.25, -0.2) is 0 Å². The molecule has 0 saturated heterocycles.